The van der Waals surface area contributed by atoms with Gasteiger partial charge in [-0.1, -0.05) is 42.5 Å². The van der Waals surface area contributed by atoms with E-state index in [4.69, 9.17) is 10.5 Å². The molecule has 3 rings (SSSR count). The lowest BCUT2D eigenvalue weighted by molar-refractivity contribution is -0.134. The van der Waals surface area contributed by atoms with Crippen LogP contribution in [0.15, 0.2) is 42.5 Å². The number of benzene rings is 2. The number of hydrogen-bond acceptors (Lipinski definition) is 3. The molecule has 2 aromatic rings. The standard InChI is InChI=1S/C19H24N2O2/c1-23-13-18(20)19(22)21-11-9-15(10-12-21)17-8-4-6-14-5-2-3-7-16(14)17/h2-8,15,18H,9-13,20H2,1H3. The highest BCUT2D eigenvalue weighted by Crippen LogP contribution is 2.33. The van der Waals surface area contributed by atoms with Crippen LogP contribution < -0.4 is 5.73 Å². The van der Waals surface area contributed by atoms with E-state index in [9.17, 15) is 4.79 Å². The number of nitrogens with zero attached hydrogens (tertiary/aromatic N) is 1. The summed E-state index contributed by atoms with van der Waals surface area (Å²) in [6.07, 6.45) is 1.97. The lowest BCUT2D eigenvalue weighted by Gasteiger charge is -2.34. The molecule has 0 radical (unpaired) electrons. The maximum absolute atomic E-state index is 12.3. The van der Waals surface area contributed by atoms with Gasteiger partial charge in [0.25, 0.3) is 0 Å². The molecule has 1 fully saturated rings. The Labute approximate surface area is 137 Å². The predicted octanol–water partition coefficient (Wildman–Crippen LogP) is 2.52. The molecule has 122 valence electrons. The number of carbonyl (C=O) groups is 1. The zero-order valence-corrected chi connectivity index (χ0v) is 13.6. The van der Waals surface area contributed by atoms with Crippen molar-refractivity contribution in [3.63, 3.8) is 0 Å². The second kappa shape index (κ2) is 7.11. The molecule has 0 aromatic heterocycles. The van der Waals surface area contributed by atoms with Gasteiger partial charge in [-0.25, -0.2) is 0 Å². The molecule has 1 heterocycles. The molecule has 0 saturated carbocycles. The van der Waals surface area contributed by atoms with E-state index in [0.717, 1.165) is 25.9 Å². The summed E-state index contributed by atoms with van der Waals surface area (Å²) in [7, 11) is 1.57. The van der Waals surface area contributed by atoms with Gasteiger partial charge in [-0.15, -0.1) is 0 Å². The van der Waals surface area contributed by atoms with Crippen LogP contribution in [0.1, 0.15) is 24.3 Å². The zero-order valence-electron chi connectivity index (χ0n) is 13.6. The lowest BCUT2D eigenvalue weighted by atomic mass is 9.86. The molecule has 0 aliphatic carbocycles. The van der Waals surface area contributed by atoms with Crippen LogP contribution in [0.5, 0.6) is 0 Å². The third kappa shape index (κ3) is 3.38. The van der Waals surface area contributed by atoms with Gasteiger partial charge in [-0.05, 0) is 35.1 Å². The van der Waals surface area contributed by atoms with Gasteiger partial charge in [0.2, 0.25) is 5.91 Å². The number of methoxy groups -OCH3 is 1. The second-order valence-electron chi connectivity index (χ2n) is 6.23. The molecule has 0 spiro atoms. The highest BCUT2D eigenvalue weighted by Gasteiger charge is 2.27. The average molecular weight is 312 g/mol. The first-order valence-electron chi connectivity index (χ1n) is 8.21. The van der Waals surface area contributed by atoms with Crippen molar-refractivity contribution in [2.45, 2.75) is 24.8 Å². The Kier molecular flexibility index (Phi) is 4.94. The van der Waals surface area contributed by atoms with Crippen molar-refractivity contribution in [3.05, 3.63) is 48.0 Å². The Morgan fingerprint density at radius 1 is 1.22 bits per heavy atom. The molecular weight excluding hydrogens is 288 g/mol. The Morgan fingerprint density at radius 3 is 2.65 bits per heavy atom. The number of amides is 1. The molecule has 1 aliphatic rings. The number of nitrogens with two attached hydrogens (primary N) is 1. The highest BCUT2D eigenvalue weighted by atomic mass is 16.5. The fourth-order valence-corrected chi connectivity index (χ4v) is 3.50. The van der Waals surface area contributed by atoms with Crippen LogP contribution >= 0.6 is 0 Å². The van der Waals surface area contributed by atoms with Crippen molar-refractivity contribution in [2.75, 3.05) is 26.8 Å². The smallest absolute Gasteiger partial charge is 0.241 e. The number of fused-ring (bicyclic) bond motifs is 1. The Morgan fingerprint density at radius 2 is 1.91 bits per heavy atom. The van der Waals surface area contributed by atoms with Crippen molar-refractivity contribution < 1.29 is 9.53 Å². The number of likely N-dealkylation sites (tertiary alicyclic amines) is 1. The lowest BCUT2D eigenvalue weighted by Crippen LogP contribution is -2.48. The fraction of sp³-hybridized carbons (Fsp3) is 0.421. The molecule has 0 bridgehead atoms. The first-order valence-corrected chi connectivity index (χ1v) is 8.21. The molecule has 1 aliphatic heterocycles. The van der Waals surface area contributed by atoms with Gasteiger partial charge in [0, 0.05) is 20.2 Å². The summed E-state index contributed by atoms with van der Waals surface area (Å²) in [4.78, 5) is 14.1. The molecule has 1 atom stereocenters. The van der Waals surface area contributed by atoms with E-state index in [2.05, 4.69) is 42.5 Å². The minimum atomic E-state index is -0.547. The van der Waals surface area contributed by atoms with Gasteiger partial charge < -0.3 is 15.4 Å². The molecule has 4 heteroatoms. The van der Waals surface area contributed by atoms with Crippen molar-refractivity contribution in [2.24, 2.45) is 5.73 Å². The van der Waals surface area contributed by atoms with Crippen molar-refractivity contribution >= 4 is 16.7 Å². The molecule has 23 heavy (non-hydrogen) atoms. The van der Waals surface area contributed by atoms with E-state index in [0.29, 0.717) is 5.92 Å². The molecule has 2 N–H and O–H groups in total. The Bertz CT molecular complexity index is 673. The molecule has 1 saturated heterocycles. The van der Waals surface area contributed by atoms with Crippen LogP contribution in [0, 0.1) is 0 Å². The largest absolute Gasteiger partial charge is 0.383 e. The summed E-state index contributed by atoms with van der Waals surface area (Å²) < 4.78 is 4.98. The number of ether oxygens (including phenoxy) is 1. The van der Waals surface area contributed by atoms with Gasteiger partial charge in [0.15, 0.2) is 0 Å². The number of rotatable bonds is 4. The van der Waals surface area contributed by atoms with Gasteiger partial charge in [0.1, 0.15) is 6.04 Å². The quantitative estimate of drug-likeness (QED) is 0.944. The first-order chi connectivity index (χ1) is 11.2. The Balaban J connectivity index is 1.70. The zero-order chi connectivity index (χ0) is 16.2. The van der Waals surface area contributed by atoms with E-state index < -0.39 is 6.04 Å². The summed E-state index contributed by atoms with van der Waals surface area (Å²) >= 11 is 0. The van der Waals surface area contributed by atoms with Crippen molar-refractivity contribution in [1.29, 1.82) is 0 Å². The van der Waals surface area contributed by atoms with E-state index >= 15 is 0 Å². The van der Waals surface area contributed by atoms with E-state index in [1.807, 2.05) is 4.90 Å². The van der Waals surface area contributed by atoms with Gasteiger partial charge in [-0.3, -0.25) is 4.79 Å². The second-order valence-corrected chi connectivity index (χ2v) is 6.23. The van der Waals surface area contributed by atoms with Crippen LogP contribution in [-0.4, -0.2) is 43.7 Å². The summed E-state index contributed by atoms with van der Waals surface area (Å²) in [5.41, 5.74) is 7.26. The first kappa shape index (κ1) is 16.0. The topological polar surface area (TPSA) is 55.6 Å². The van der Waals surface area contributed by atoms with Crippen LogP contribution in [0.2, 0.25) is 0 Å². The van der Waals surface area contributed by atoms with Gasteiger partial charge in [0.05, 0.1) is 6.61 Å². The van der Waals surface area contributed by atoms with Crippen molar-refractivity contribution in [1.82, 2.24) is 4.90 Å². The molecular formula is C19H24N2O2. The van der Waals surface area contributed by atoms with Crippen molar-refractivity contribution in [3.8, 4) is 0 Å². The third-order valence-electron chi connectivity index (χ3n) is 4.73. The number of piperidine rings is 1. The van der Waals surface area contributed by atoms with E-state index in [1.165, 1.54) is 16.3 Å². The monoisotopic (exact) mass is 312 g/mol. The van der Waals surface area contributed by atoms with E-state index in [1.54, 1.807) is 7.11 Å². The third-order valence-corrected chi connectivity index (χ3v) is 4.73. The minimum absolute atomic E-state index is 0.00298. The average Bonchev–Trinajstić information content (AvgIpc) is 2.61. The molecule has 4 nitrogen and oxygen atoms in total. The van der Waals surface area contributed by atoms with Crippen LogP contribution in [0.4, 0.5) is 0 Å². The molecule has 1 unspecified atom stereocenters. The number of hydrogen-bond donors (Lipinski definition) is 1. The summed E-state index contributed by atoms with van der Waals surface area (Å²) in [5, 5.41) is 2.61. The molecule has 2 aromatic carbocycles. The maximum atomic E-state index is 12.3. The predicted molar refractivity (Wildman–Crippen MR) is 92.4 cm³/mol. The van der Waals surface area contributed by atoms with E-state index in [-0.39, 0.29) is 12.5 Å². The fourth-order valence-electron chi connectivity index (χ4n) is 3.50. The maximum Gasteiger partial charge on any atom is 0.241 e. The number of carbonyl (C=O) groups excluding carboxylic acids is 1. The van der Waals surface area contributed by atoms with Gasteiger partial charge >= 0.3 is 0 Å². The summed E-state index contributed by atoms with van der Waals surface area (Å²) in [6, 6.07) is 14.5. The van der Waals surface area contributed by atoms with Crippen LogP contribution in [0.3, 0.4) is 0 Å². The Hall–Kier alpha value is -1.91. The summed E-state index contributed by atoms with van der Waals surface area (Å²) in [5.74, 6) is 0.506. The minimum Gasteiger partial charge on any atom is -0.383 e. The molecule has 1 amide bonds. The SMILES string of the molecule is COCC(N)C(=O)N1CCC(c2cccc3ccccc23)CC1. The van der Waals surface area contributed by atoms with Gasteiger partial charge in [-0.2, -0.15) is 0 Å². The van der Waals surface area contributed by atoms with Crippen LogP contribution in [-0.2, 0) is 9.53 Å². The normalized spacial score (nSPS) is 17.4. The summed E-state index contributed by atoms with van der Waals surface area (Å²) in [6.45, 7) is 1.82. The van der Waals surface area contributed by atoms with Crippen LogP contribution in [0.25, 0.3) is 10.8 Å². The highest BCUT2D eigenvalue weighted by molar-refractivity contribution is 5.86.